The van der Waals surface area contributed by atoms with Gasteiger partial charge in [-0.1, -0.05) is 6.08 Å². The molecule has 2 atom stereocenters. The van der Waals surface area contributed by atoms with Gasteiger partial charge in [-0.2, -0.15) is 0 Å². The SMILES string of the molecule is C=CC1CC(F)C(F)C(F)C1. The van der Waals surface area contributed by atoms with Crippen LogP contribution in [0.1, 0.15) is 12.8 Å². The fourth-order valence-corrected chi connectivity index (χ4v) is 1.35. The van der Waals surface area contributed by atoms with E-state index in [2.05, 4.69) is 6.58 Å². The first-order chi connectivity index (χ1) is 5.15. The monoisotopic (exact) mass is 164 g/mol. The first-order valence-electron chi connectivity index (χ1n) is 3.70. The van der Waals surface area contributed by atoms with E-state index in [1.54, 1.807) is 0 Å². The van der Waals surface area contributed by atoms with Crippen LogP contribution >= 0.6 is 0 Å². The van der Waals surface area contributed by atoms with Gasteiger partial charge in [0, 0.05) is 0 Å². The summed E-state index contributed by atoms with van der Waals surface area (Å²) < 4.78 is 37.7. The van der Waals surface area contributed by atoms with Crippen LogP contribution in [-0.4, -0.2) is 18.5 Å². The number of hydrogen-bond donors (Lipinski definition) is 0. The second-order valence-corrected chi connectivity index (χ2v) is 2.94. The Balaban J connectivity index is 2.54. The molecule has 0 nitrogen and oxygen atoms in total. The minimum absolute atomic E-state index is 0.0745. The Morgan fingerprint density at radius 2 is 1.55 bits per heavy atom. The maximum atomic E-state index is 12.6. The van der Waals surface area contributed by atoms with Crippen LogP contribution in [0.15, 0.2) is 12.7 Å². The minimum atomic E-state index is -1.92. The Kier molecular flexibility index (Phi) is 2.58. The van der Waals surface area contributed by atoms with Gasteiger partial charge in [-0.3, -0.25) is 0 Å². The molecule has 0 N–H and O–H groups in total. The summed E-state index contributed by atoms with van der Waals surface area (Å²) in [6.45, 7) is 3.42. The van der Waals surface area contributed by atoms with Crippen molar-refractivity contribution in [1.82, 2.24) is 0 Å². The summed E-state index contributed by atoms with van der Waals surface area (Å²) in [5.41, 5.74) is 0. The molecule has 64 valence electrons. The Hall–Kier alpha value is -0.470. The molecule has 0 spiro atoms. The summed E-state index contributed by atoms with van der Waals surface area (Å²) in [7, 11) is 0. The molecule has 2 unspecified atom stereocenters. The van der Waals surface area contributed by atoms with Gasteiger partial charge >= 0.3 is 0 Å². The second kappa shape index (κ2) is 3.28. The normalized spacial score (nSPS) is 45.4. The van der Waals surface area contributed by atoms with Gasteiger partial charge in [-0.15, -0.1) is 6.58 Å². The third-order valence-electron chi connectivity index (χ3n) is 2.08. The van der Waals surface area contributed by atoms with Crippen molar-refractivity contribution in [2.75, 3.05) is 0 Å². The number of hydrogen-bond acceptors (Lipinski definition) is 0. The van der Waals surface area contributed by atoms with Gasteiger partial charge < -0.3 is 0 Å². The largest absolute Gasteiger partial charge is 0.244 e. The van der Waals surface area contributed by atoms with E-state index < -0.39 is 18.5 Å². The van der Waals surface area contributed by atoms with Crippen molar-refractivity contribution in [3.8, 4) is 0 Å². The average molecular weight is 164 g/mol. The predicted octanol–water partition coefficient (Wildman–Crippen LogP) is 2.60. The lowest BCUT2D eigenvalue weighted by molar-refractivity contribution is 0.0280. The number of rotatable bonds is 1. The van der Waals surface area contributed by atoms with E-state index in [0.29, 0.717) is 0 Å². The standard InChI is InChI=1S/C8H11F3/c1-2-5-3-6(9)8(11)7(10)4-5/h2,5-8H,1,3-4H2. The predicted molar refractivity (Wildman–Crippen MR) is 37.6 cm³/mol. The van der Waals surface area contributed by atoms with Crippen LogP contribution in [-0.2, 0) is 0 Å². The maximum Gasteiger partial charge on any atom is 0.162 e. The molecule has 1 saturated carbocycles. The summed E-state index contributed by atoms with van der Waals surface area (Å²) in [5, 5.41) is 0. The molecule has 1 aliphatic carbocycles. The van der Waals surface area contributed by atoms with Crippen LogP contribution in [0.2, 0.25) is 0 Å². The molecule has 1 fully saturated rings. The molecule has 0 bridgehead atoms. The van der Waals surface area contributed by atoms with Crippen LogP contribution in [0, 0.1) is 5.92 Å². The summed E-state index contributed by atoms with van der Waals surface area (Å²) in [5.74, 6) is -0.202. The highest BCUT2D eigenvalue weighted by molar-refractivity contribution is 4.93. The molecule has 0 aromatic carbocycles. The zero-order chi connectivity index (χ0) is 8.43. The molecule has 0 aliphatic heterocycles. The number of allylic oxidation sites excluding steroid dienone is 1. The van der Waals surface area contributed by atoms with Gasteiger partial charge in [0.05, 0.1) is 0 Å². The van der Waals surface area contributed by atoms with E-state index in [1.807, 2.05) is 0 Å². The molecule has 3 heteroatoms. The van der Waals surface area contributed by atoms with Crippen molar-refractivity contribution < 1.29 is 13.2 Å². The fourth-order valence-electron chi connectivity index (χ4n) is 1.35. The van der Waals surface area contributed by atoms with E-state index in [0.717, 1.165) is 0 Å². The van der Waals surface area contributed by atoms with Gasteiger partial charge in [-0.25, -0.2) is 13.2 Å². The highest BCUT2D eigenvalue weighted by atomic mass is 19.2. The van der Waals surface area contributed by atoms with E-state index in [9.17, 15) is 13.2 Å². The van der Waals surface area contributed by atoms with Crippen molar-refractivity contribution in [2.45, 2.75) is 31.4 Å². The van der Waals surface area contributed by atoms with Gasteiger partial charge in [0.25, 0.3) is 0 Å². The lowest BCUT2D eigenvalue weighted by atomic mass is 9.86. The van der Waals surface area contributed by atoms with Gasteiger partial charge in [0.15, 0.2) is 6.17 Å². The summed E-state index contributed by atoms with van der Waals surface area (Å²) >= 11 is 0. The van der Waals surface area contributed by atoms with Crippen LogP contribution in [0.5, 0.6) is 0 Å². The lowest BCUT2D eigenvalue weighted by Crippen LogP contribution is -2.36. The topological polar surface area (TPSA) is 0 Å². The highest BCUT2D eigenvalue weighted by Gasteiger charge is 2.37. The first-order valence-corrected chi connectivity index (χ1v) is 3.70. The van der Waals surface area contributed by atoms with E-state index in [4.69, 9.17) is 0 Å². The van der Waals surface area contributed by atoms with E-state index in [1.165, 1.54) is 6.08 Å². The lowest BCUT2D eigenvalue weighted by Gasteiger charge is -2.28. The maximum absolute atomic E-state index is 12.6. The Bertz CT molecular complexity index is 134. The molecule has 1 aliphatic rings. The van der Waals surface area contributed by atoms with Crippen molar-refractivity contribution in [2.24, 2.45) is 5.92 Å². The molecular formula is C8H11F3. The summed E-state index contributed by atoms with van der Waals surface area (Å²) in [6.07, 6.45) is -3.59. The number of alkyl halides is 3. The average Bonchev–Trinajstić information content (AvgIpc) is 1.99. The third kappa shape index (κ3) is 1.76. The molecule has 0 aromatic rings. The molecular weight excluding hydrogens is 153 g/mol. The van der Waals surface area contributed by atoms with E-state index in [-0.39, 0.29) is 18.8 Å². The van der Waals surface area contributed by atoms with Gasteiger partial charge in [0.1, 0.15) is 12.3 Å². The van der Waals surface area contributed by atoms with Gasteiger partial charge in [0.2, 0.25) is 0 Å². The number of halogens is 3. The van der Waals surface area contributed by atoms with Crippen molar-refractivity contribution in [3.05, 3.63) is 12.7 Å². The quantitative estimate of drug-likeness (QED) is 0.522. The first kappa shape index (κ1) is 8.62. The van der Waals surface area contributed by atoms with Crippen molar-refractivity contribution >= 4 is 0 Å². The Morgan fingerprint density at radius 3 is 1.91 bits per heavy atom. The van der Waals surface area contributed by atoms with Crippen LogP contribution in [0.25, 0.3) is 0 Å². The van der Waals surface area contributed by atoms with E-state index >= 15 is 0 Å². The molecule has 0 heterocycles. The molecule has 0 amide bonds. The summed E-state index contributed by atoms with van der Waals surface area (Å²) in [6, 6.07) is 0. The molecule has 11 heavy (non-hydrogen) atoms. The molecule has 0 radical (unpaired) electrons. The van der Waals surface area contributed by atoms with Crippen LogP contribution in [0.4, 0.5) is 13.2 Å². The molecule has 1 rings (SSSR count). The zero-order valence-electron chi connectivity index (χ0n) is 6.14. The van der Waals surface area contributed by atoms with Crippen molar-refractivity contribution in [3.63, 3.8) is 0 Å². The second-order valence-electron chi connectivity index (χ2n) is 2.94. The Labute approximate surface area is 64.1 Å². The minimum Gasteiger partial charge on any atom is -0.244 e. The highest BCUT2D eigenvalue weighted by Crippen LogP contribution is 2.31. The molecule has 0 saturated heterocycles. The van der Waals surface area contributed by atoms with Crippen molar-refractivity contribution in [1.29, 1.82) is 0 Å². The van der Waals surface area contributed by atoms with Crippen LogP contribution < -0.4 is 0 Å². The van der Waals surface area contributed by atoms with Gasteiger partial charge in [-0.05, 0) is 18.8 Å². The van der Waals surface area contributed by atoms with Crippen LogP contribution in [0.3, 0.4) is 0 Å². The Morgan fingerprint density at radius 1 is 1.09 bits per heavy atom. The molecule has 0 aromatic heterocycles. The smallest absolute Gasteiger partial charge is 0.162 e. The summed E-state index contributed by atoms with van der Waals surface area (Å²) in [4.78, 5) is 0. The fraction of sp³-hybridized carbons (Fsp3) is 0.750. The third-order valence-corrected chi connectivity index (χ3v) is 2.08. The zero-order valence-corrected chi connectivity index (χ0v) is 6.14.